The summed E-state index contributed by atoms with van der Waals surface area (Å²) in [5.41, 5.74) is 0.865. The Morgan fingerprint density at radius 2 is 1.41 bits per heavy atom. The molecule has 0 aliphatic heterocycles. The lowest BCUT2D eigenvalue weighted by atomic mass is 10.2. The molecule has 1 N–H and O–H groups in total. The van der Waals surface area contributed by atoms with Gasteiger partial charge in [0.15, 0.2) is 0 Å². The van der Waals surface area contributed by atoms with Crippen molar-refractivity contribution in [3.63, 3.8) is 0 Å². The zero-order valence-electron chi connectivity index (χ0n) is 10.8. The summed E-state index contributed by atoms with van der Waals surface area (Å²) < 4.78 is 0. The van der Waals surface area contributed by atoms with Crippen LogP contribution in [-0.4, -0.2) is 11.4 Å². The Morgan fingerprint density at radius 1 is 0.955 bits per heavy atom. The molecular formula is C14H8Cl4N2O2. The lowest BCUT2D eigenvalue weighted by Gasteiger charge is -1.97. The second kappa shape index (κ2) is 9.39. The summed E-state index contributed by atoms with van der Waals surface area (Å²) in [4.78, 5) is 0. The minimum absolute atomic E-state index is 0.339. The molecule has 22 heavy (non-hydrogen) atoms. The summed E-state index contributed by atoms with van der Waals surface area (Å²) in [6, 6.07) is 12.1. The van der Waals surface area contributed by atoms with E-state index in [1.54, 1.807) is 36.4 Å². The monoisotopic (exact) mass is 376 g/mol. The molecule has 2 aromatic carbocycles. The fourth-order valence-corrected chi connectivity index (χ4v) is 2.32. The van der Waals surface area contributed by atoms with Crippen LogP contribution in [0.4, 0.5) is 0 Å². The molecule has 0 aromatic heterocycles. The Morgan fingerprint density at radius 3 is 1.82 bits per heavy atom. The van der Waals surface area contributed by atoms with Gasteiger partial charge in [-0.2, -0.15) is 0 Å². The van der Waals surface area contributed by atoms with E-state index in [1.807, 2.05) is 0 Å². The molecule has 0 heterocycles. The van der Waals surface area contributed by atoms with Crippen LogP contribution in [0.15, 0.2) is 41.6 Å². The maximum atomic E-state index is 9.80. The first kappa shape index (κ1) is 18.4. The van der Waals surface area contributed by atoms with Gasteiger partial charge in [-0.3, -0.25) is 0 Å². The van der Waals surface area contributed by atoms with Crippen LogP contribution < -0.4 is 0 Å². The van der Waals surface area contributed by atoms with E-state index in [0.717, 1.165) is 0 Å². The lowest BCUT2D eigenvalue weighted by Crippen LogP contribution is -1.83. The maximum Gasteiger partial charge on any atom is 0.339 e. The van der Waals surface area contributed by atoms with E-state index in [2.05, 4.69) is 16.2 Å². The van der Waals surface area contributed by atoms with E-state index >= 15 is 0 Å². The zero-order valence-corrected chi connectivity index (χ0v) is 13.8. The van der Waals surface area contributed by atoms with Crippen LogP contribution >= 0.6 is 46.4 Å². The first-order valence-corrected chi connectivity index (χ1v) is 7.16. The number of oxime groups is 1. The average Bonchev–Trinajstić information content (AvgIpc) is 2.48. The average molecular weight is 378 g/mol. The summed E-state index contributed by atoms with van der Waals surface area (Å²) in [6.07, 6.45) is 1.20. The van der Waals surface area contributed by atoms with E-state index < -0.39 is 0 Å². The zero-order chi connectivity index (χ0) is 16.5. The van der Waals surface area contributed by atoms with Crippen molar-refractivity contribution >= 4 is 52.6 Å². The Balaban J connectivity index is 0.000000220. The predicted octanol–water partition coefficient (Wildman–Crippen LogP) is 5.97. The molecule has 0 fully saturated rings. The molecule has 0 atom stereocenters. The van der Waals surface area contributed by atoms with Crippen LogP contribution in [0.2, 0.25) is 20.1 Å². The fraction of sp³-hybridized carbons (Fsp3) is 0. The molecule has 0 unspecified atom stereocenters. The SMILES string of the molecule is ON=Cc1c(Cl)cccc1Cl.[O-][N+]#Cc1c(Cl)cccc1Cl. The van der Waals surface area contributed by atoms with Crippen molar-refractivity contribution in [2.75, 3.05) is 0 Å². The van der Waals surface area contributed by atoms with Crippen molar-refractivity contribution < 1.29 is 5.21 Å². The topological polar surface area (TPSA) is 60.0 Å². The van der Waals surface area contributed by atoms with Gasteiger partial charge in [-0.05, 0) is 24.3 Å². The lowest BCUT2D eigenvalue weighted by molar-refractivity contribution is 0.322. The van der Waals surface area contributed by atoms with E-state index in [-0.39, 0.29) is 0 Å². The molecule has 2 rings (SSSR count). The maximum absolute atomic E-state index is 9.80. The van der Waals surface area contributed by atoms with Gasteiger partial charge in [-0.1, -0.05) is 63.7 Å². The standard InChI is InChI=1S/C7H5Cl2NO.C7H3Cl2NO/c2*8-6-2-1-3-7(9)5(6)4-10-11/h1-4,11H;1-3H. The molecule has 8 heteroatoms. The van der Waals surface area contributed by atoms with Gasteiger partial charge in [-0.15, -0.1) is 0 Å². The molecule has 0 aliphatic rings. The molecule has 0 aliphatic carbocycles. The van der Waals surface area contributed by atoms with Crippen molar-refractivity contribution in [1.29, 1.82) is 0 Å². The van der Waals surface area contributed by atoms with Crippen molar-refractivity contribution in [1.82, 2.24) is 0 Å². The van der Waals surface area contributed by atoms with Crippen LogP contribution in [0.1, 0.15) is 11.1 Å². The van der Waals surface area contributed by atoms with Gasteiger partial charge in [0.05, 0.1) is 26.3 Å². The van der Waals surface area contributed by atoms with Crippen molar-refractivity contribution in [3.05, 3.63) is 77.8 Å². The highest BCUT2D eigenvalue weighted by atomic mass is 35.5. The molecule has 2 aromatic rings. The van der Waals surface area contributed by atoms with Crippen LogP contribution in [-0.2, 0) is 0 Å². The van der Waals surface area contributed by atoms with Crippen molar-refractivity contribution in [2.24, 2.45) is 5.16 Å². The normalized spacial score (nSPS) is 9.64. The number of rotatable bonds is 1. The van der Waals surface area contributed by atoms with E-state index in [4.69, 9.17) is 51.6 Å². The third-order valence-electron chi connectivity index (χ3n) is 2.31. The largest absolute Gasteiger partial charge is 0.498 e. The second-order valence-corrected chi connectivity index (χ2v) is 5.31. The summed E-state index contributed by atoms with van der Waals surface area (Å²) in [7, 11) is 0. The molecule has 114 valence electrons. The molecule has 0 saturated heterocycles. The van der Waals surface area contributed by atoms with E-state index in [1.165, 1.54) is 6.21 Å². The molecule has 0 amide bonds. The third kappa shape index (κ3) is 5.28. The fourth-order valence-electron chi connectivity index (χ4n) is 1.34. The number of halogens is 4. The smallest absolute Gasteiger partial charge is 0.339 e. The third-order valence-corrected chi connectivity index (χ3v) is 3.60. The number of hydrogen-bond acceptors (Lipinski definition) is 3. The minimum atomic E-state index is 0.339. The van der Waals surface area contributed by atoms with Gasteiger partial charge in [0.2, 0.25) is 0 Å². The van der Waals surface area contributed by atoms with Gasteiger partial charge in [0, 0.05) is 10.6 Å². The Hall–Kier alpha value is -1.64. The van der Waals surface area contributed by atoms with Crippen LogP contribution in [0.3, 0.4) is 0 Å². The number of benzene rings is 2. The summed E-state index contributed by atoms with van der Waals surface area (Å²) in [5, 5.41) is 25.0. The molecule has 4 nitrogen and oxygen atoms in total. The second-order valence-electron chi connectivity index (χ2n) is 3.68. The Bertz CT molecular complexity index is 699. The molecule has 0 radical (unpaired) electrons. The Kier molecular flexibility index (Phi) is 7.86. The predicted molar refractivity (Wildman–Crippen MR) is 92.0 cm³/mol. The first-order chi connectivity index (χ1) is 10.5. The Labute approximate surface area is 146 Å². The van der Waals surface area contributed by atoms with Gasteiger partial charge < -0.3 is 10.4 Å². The highest BCUT2D eigenvalue weighted by Crippen LogP contribution is 2.23. The molecule has 0 spiro atoms. The van der Waals surface area contributed by atoms with Crippen LogP contribution in [0.25, 0.3) is 5.01 Å². The summed E-state index contributed by atoms with van der Waals surface area (Å²) in [5.74, 6) is 0. The number of nitrogens with zero attached hydrogens (tertiary/aromatic N) is 2. The van der Waals surface area contributed by atoms with Crippen LogP contribution in [0.5, 0.6) is 0 Å². The molecule has 0 bridgehead atoms. The van der Waals surface area contributed by atoms with Gasteiger partial charge in [0.25, 0.3) is 0 Å². The number of hydrogen-bond donors (Lipinski definition) is 1. The van der Waals surface area contributed by atoms with E-state index in [9.17, 15) is 5.21 Å². The molecule has 0 saturated carbocycles. The molecular weight excluding hydrogens is 370 g/mol. The van der Waals surface area contributed by atoms with Crippen LogP contribution in [0, 0.1) is 11.3 Å². The summed E-state index contributed by atoms with van der Waals surface area (Å²) in [6.45, 7) is 0. The van der Waals surface area contributed by atoms with Gasteiger partial charge in [-0.25, -0.2) is 0 Å². The van der Waals surface area contributed by atoms with Crippen molar-refractivity contribution in [2.45, 2.75) is 0 Å². The first-order valence-electron chi connectivity index (χ1n) is 5.65. The quantitative estimate of drug-likeness (QED) is 0.377. The highest BCUT2D eigenvalue weighted by molar-refractivity contribution is 6.38. The van der Waals surface area contributed by atoms with Gasteiger partial charge >= 0.3 is 6.07 Å². The minimum Gasteiger partial charge on any atom is -0.498 e. The van der Waals surface area contributed by atoms with E-state index in [0.29, 0.717) is 31.2 Å². The summed E-state index contributed by atoms with van der Waals surface area (Å²) >= 11 is 22.8. The highest BCUT2D eigenvalue weighted by Gasteiger charge is 2.06. The van der Waals surface area contributed by atoms with Gasteiger partial charge in [0.1, 0.15) is 5.56 Å². The van der Waals surface area contributed by atoms with Crippen molar-refractivity contribution in [3.8, 4) is 6.07 Å².